The van der Waals surface area contributed by atoms with Crippen LogP contribution in [0.5, 0.6) is 0 Å². The highest BCUT2D eigenvalue weighted by Gasteiger charge is 2.33. The molecule has 3 rings (SSSR count). The van der Waals surface area contributed by atoms with Crippen LogP contribution in [0.4, 0.5) is 18.9 Å². The Hall–Kier alpha value is -2.68. The van der Waals surface area contributed by atoms with Gasteiger partial charge in [-0.2, -0.15) is 13.2 Å². The highest BCUT2D eigenvalue weighted by atomic mass is 32.1. The summed E-state index contributed by atoms with van der Waals surface area (Å²) in [4.78, 5) is 29.8. The molecule has 0 atom stereocenters. The van der Waals surface area contributed by atoms with Crippen molar-refractivity contribution in [1.82, 2.24) is 9.38 Å². The summed E-state index contributed by atoms with van der Waals surface area (Å²) in [5.74, 6) is -0.942. The van der Waals surface area contributed by atoms with Crippen LogP contribution in [-0.2, 0) is 6.18 Å². The quantitative estimate of drug-likeness (QED) is 0.769. The number of benzene rings is 1. The molecule has 24 heavy (non-hydrogen) atoms. The molecule has 1 aromatic carbocycles. The van der Waals surface area contributed by atoms with Gasteiger partial charge in [-0.15, -0.1) is 11.3 Å². The molecular weight excluding hydrogens is 343 g/mol. The summed E-state index contributed by atoms with van der Waals surface area (Å²) in [7, 11) is 0. The molecule has 2 aromatic heterocycles. The van der Waals surface area contributed by atoms with E-state index >= 15 is 0 Å². The maximum absolute atomic E-state index is 13.0. The van der Waals surface area contributed by atoms with E-state index < -0.39 is 28.9 Å². The molecule has 0 spiro atoms. The van der Waals surface area contributed by atoms with E-state index in [9.17, 15) is 22.8 Å². The Kier molecular flexibility index (Phi) is 3.88. The Morgan fingerprint density at radius 3 is 2.71 bits per heavy atom. The topological polar surface area (TPSA) is 63.5 Å². The Bertz CT molecular complexity index is 992. The van der Waals surface area contributed by atoms with E-state index in [0.717, 1.165) is 23.2 Å². The predicted octanol–water partition coefficient (Wildman–Crippen LogP) is 3.34. The number of halogens is 3. The van der Waals surface area contributed by atoms with Crippen LogP contribution < -0.4 is 10.9 Å². The monoisotopic (exact) mass is 353 g/mol. The number of hydrogen-bond donors (Lipinski definition) is 1. The second-order valence-electron chi connectivity index (χ2n) is 4.97. The fourth-order valence-electron chi connectivity index (χ4n) is 2.18. The average Bonchev–Trinajstić information content (AvgIpc) is 2.88. The lowest BCUT2D eigenvalue weighted by molar-refractivity contribution is -0.136. The number of para-hydroxylation sites is 1. The summed E-state index contributed by atoms with van der Waals surface area (Å²) < 4.78 is 40.1. The summed E-state index contributed by atoms with van der Waals surface area (Å²) in [6, 6.07) is 4.56. The molecule has 1 amide bonds. The third kappa shape index (κ3) is 2.90. The number of thiazole rings is 1. The van der Waals surface area contributed by atoms with Gasteiger partial charge in [-0.25, -0.2) is 4.98 Å². The first-order valence-corrected chi connectivity index (χ1v) is 7.54. The summed E-state index contributed by atoms with van der Waals surface area (Å²) in [6.07, 6.45) is -2.03. The van der Waals surface area contributed by atoms with Gasteiger partial charge in [0.05, 0.1) is 11.3 Å². The van der Waals surface area contributed by atoms with Crippen LogP contribution in [-0.4, -0.2) is 15.3 Å². The number of amides is 1. The number of nitrogens with one attached hydrogen (secondary N) is 1. The van der Waals surface area contributed by atoms with Crippen molar-refractivity contribution in [2.45, 2.75) is 13.1 Å². The third-order valence-corrected chi connectivity index (χ3v) is 4.16. The fourth-order valence-corrected chi connectivity index (χ4v) is 2.97. The number of alkyl halides is 3. The van der Waals surface area contributed by atoms with E-state index in [1.165, 1.54) is 34.1 Å². The highest BCUT2D eigenvalue weighted by molar-refractivity contribution is 7.16. The zero-order valence-electron chi connectivity index (χ0n) is 12.2. The number of nitrogens with zero attached hydrogens (tertiary/aromatic N) is 2. The zero-order valence-corrected chi connectivity index (χ0v) is 13.0. The SMILES string of the molecule is Cc1cn2c(=O)c(C(=O)Nc3ccccc3C(F)(F)F)cnc2s1. The molecule has 0 fully saturated rings. The zero-order chi connectivity index (χ0) is 17.5. The molecule has 0 saturated heterocycles. The molecule has 0 aliphatic rings. The first kappa shape index (κ1) is 16.2. The Morgan fingerprint density at radius 2 is 2.00 bits per heavy atom. The van der Waals surface area contributed by atoms with Crippen LogP contribution in [0.15, 0.2) is 41.5 Å². The van der Waals surface area contributed by atoms with Crippen molar-refractivity contribution in [2.75, 3.05) is 5.32 Å². The largest absolute Gasteiger partial charge is 0.418 e. The minimum Gasteiger partial charge on any atom is -0.321 e. The van der Waals surface area contributed by atoms with Gasteiger partial charge in [-0.1, -0.05) is 12.1 Å². The first-order valence-electron chi connectivity index (χ1n) is 6.73. The van der Waals surface area contributed by atoms with Crippen LogP contribution in [0.1, 0.15) is 20.8 Å². The van der Waals surface area contributed by atoms with E-state index in [1.807, 2.05) is 0 Å². The molecule has 0 aliphatic heterocycles. The lowest BCUT2D eigenvalue weighted by atomic mass is 10.1. The van der Waals surface area contributed by atoms with Gasteiger partial charge in [0.2, 0.25) is 0 Å². The lowest BCUT2D eigenvalue weighted by Crippen LogP contribution is -2.26. The van der Waals surface area contributed by atoms with Crippen molar-refractivity contribution < 1.29 is 18.0 Å². The van der Waals surface area contributed by atoms with Crippen molar-refractivity contribution in [3.05, 3.63) is 63.0 Å². The molecule has 2 heterocycles. The van der Waals surface area contributed by atoms with E-state index in [2.05, 4.69) is 10.3 Å². The van der Waals surface area contributed by atoms with Crippen LogP contribution in [0.25, 0.3) is 4.96 Å². The predicted molar refractivity (Wildman–Crippen MR) is 83.5 cm³/mol. The molecule has 3 aromatic rings. The Labute approximate surface area is 137 Å². The van der Waals surface area contributed by atoms with Crippen LogP contribution in [0.2, 0.25) is 0 Å². The second kappa shape index (κ2) is 5.75. The third-order valence-electron chi connectivity index (χ3n) is 3.25. The minimum atomic E-state index is -4.62. The van der Waals surface area contributed by atoms with E-state index in [0.29, 0.717) is 4.96 Å². The Morgan fingerprint density at radius 1 is 1.29 bits per heavy atom. The highest BCUT2D eigenvalue weighted by Crippen LogP contribution is 2.34. The van der Waals surface area contributed by atoms with Gasteiger partial charge in [0.25, 0.3) is 11.5 Å². The molecule has 0 radical (unpaired) electrons. The maximum atomic E-state index is 13.0. The average molecular weight is 353 g/mol. The molecular formula is C15H10F3N3O2S. The number of anilines is 1. The normalized spacial score (nSPS) is 11.7. The fraction of sp³-hybridized carbons (Fsp3) is 0.133. The summed E-state index contributed by atoms with van der Waals surface area (Å²) in [5.41, 5.74) is -2.37. The molecule has 5 nitrogen and oxygen atoms in total. The van der Waals surface area contributed by atoms with E-state index in [1.54, 1.807) is 6.92 Å². The van der Waals surface area contributed by atoms with E-state index in [-0.39, 0.29) is 5.56 Å². The molecule has 9 heteroatoms. The van der Waals surface area contributed by atoms with Crippen molar-refractivity contribution >= 4 is 27.9 Å². The van der Waals surface area contributed by atoms with Crippen LogP contribution in [0.3, 0.4) is 0 Å². The minimum absolute atomic E-state index is 0.331. The van der Waals surface area contributed by atoms with Gasteiger partial charge in [0, 0.05) is 17.3 Å². The Balaban J connectivity index is 2.00. The van der Waals surface area contributed by atoms with Gasteiger partial charge in [-0.3, -0.25) is 14.0 Å². The molecule has 0 unspecified atom stereocenters. The van der Waals surface area contributed by atoms with Crippen LogP contribution >= 0.6 is 11.3 Å². The van der Waals surface area contributed by atoms with Gasteiger partial charge >= 0.3 is 6.18 Å². The number of rotatable bonds is 2. The van der Waals surface area contributed by atoms with Gasteiger partial charge in [-0.05, 0) is 19.1 Å². The second-order valence-corrected chi connectivity index (χ2v) is 6.18. The van der Waals surface area contributed by atoms with Gasteiger partial charge in [0.15, 0.2) is 4.96 Å². The number of aromatic nitrogens is 2. The number of hydrogen-bond acceptors (Lipinski definition) is 4. The lowest BCUT2D eigenvalue weighted by Gasteiger charge is -2.13. The molecule has 0 aliphatic carbocycles. The van der Waals surface area contributed by atoms with Crippen molar-refractivity contribution in [3.63, 3.8) is 0 Å². The summed E-state index contributed by atoms with van der Waals surface area (Å²) >= 11 is 1.27. The van der Waals surface area contributed by atoms with Gasteiger partial charge in [0.1, 0.15) is 5.56 Å². The summed E-state index contributed by atoms with van der Waals surface area (Å²) in [5, 5.41) is 2.14. The van der Waals surface area contributed by atoms with Gasteiger partial charge < -0.3 is 5.32 Å². The maximum Gasteiger partial charge on any atom is 0.418 e. The molecule has 1 N–H and O–H groups in total. The van der Waals surface area contributed by atoms with Crippen molar-refractivity contribution in [3.8, 4) is 0 Å². The smallest absolute Gasteiger partial charge is 0.321 e. The van der Waals surface area contributed by atoms with Crippen molar-refractivity contribution in [1.29, 1.82) is 0 Å². The number of fused-ring (bicyclic) bond motifs is 1. The first-order chi connectivity index (χ1) is 11.3. The number of carbonyl (C=O) groups excluding carboxylic acids is 1. The molecule has 0 saturated carbocycles. The number of carbonyl (C=O) groups is 1. The van der Waals surface area contributed by atoms with Crippen molar-refractivity contribution in [2.24, 2.45) is 0 Å². The molecule has 124 valence electrons. The standard InChI is InChI=1S/C15H10F3N3O2S/c1-8-7-21-13(23)9(6-19-14(21)24-8)12(22)20-11-5-3-2-4-10(11)15(16,17)18/h2-7H,1H3,(H,20,22). The van der Waals surface area contributed by atoms with E-state index in [4.69, 9.17) is 0 Å². The summed E-state index contributed by atoms with van der Waals surface area (Å²) in [6.45, 7) is 1.78. The van der Waals surface area contributed by atoms with Crippen LogP contribution in [0, 0.1) is 6.92 Å². The number of aryl methyl sites for hydroxylation is 1. The molecule has 0 bridgehead atoms.